The molecule has 216 valence electrons. The van der Waals surface area contributed by atoms with E-state index in [1.54, 1.807) is 18.2 Å². The number of aromatic nitrogens is 3. The van der Waals surface area contributed by atoms with Gasteiger partial charge in [-0.15, -0.1) is 0 Å². The number of likely N-dealkylation sites (tertiary alicyclic amines) is 1. The van der Waals surface area contributed by atoms with Crippen molar-refractivity contribution in [2.24, 2.45) is 0 Å². The highest BCUT2D eigenvalue weighted by atomic mass is 35.5. The molecule has 2 fully saturated rings. The Hall–Kier alpha value is -3.79. The van der Waals surface area contributed by atoms with E-state index in [0.29, 0.717) is 24.7 Å². The number of halogens is 2. The lowest BCUT2D eigenvalue weighted by Gasteiger charge is -2.34. The minimum atomic E-state index is -0.946. The number of para-hydroxylation sites is 1. The lowest BCUT2D eigenvalue weighted by molar-refractivity contribution is -0.0592. The fourth-order valence-corrected chi connectivity index (χ4v) is 6.23. The molecular formula is C32H30ClFN4O4. The van der Waals surface area contributed by atoms with E-state index in [1.807, 2.05) is 18.2 Å². The van der Waals surface area contributed by atoms with Gasteiger partial charge in [-0.05, 0) is 68.1 Å². The minimum absolute atomic E-state index is 0.0108. The van der Waals surface area contributed by atoms with Crippen molar-refractivity contribution in [1.82, 2.24) is 19.4 Å². The largest absolute Gasteiger partial charge is 0.479 e. The quantitative estimate of drug-likeness (QED) is 0.273. The molecule has 0 aliphatic carbocycles. The van der Waals surface area contributed by atoms with Crippen molar-refractivity contribution in [3.63, 3.8) is 0 Å². The van der Waals surface area contributed by atoms with Crippen molar-refractivity contribution < 1.29 is 23.8 Å². The van der Waals surface area contributed by atoms with Crippen LogP contribution in [0.5, 0.6) is 5.75 Å². The molecule has 5 heterocycles. The molecule has 0 radical (unpaired) electrons. The van der Waals surface area contributed by atoms with Crippen LogP contribution >= 0.6 is 11.6 Å². The van der Waals surface area contributed by atoms with Crippen LogP contribution in [0.4, 0.5) is 4.39 Å². The molecule has 3 aliphatic rings. The van der Waals surface area contributed by atoms with E-state index in [0.717, 1.165) is 72.7 Å². The fraction of sp³-hybridized carbons (Fsp3) is 0.344. The number of benzene rings is 2. The van der Waals surface area contributed by atoms with Gasteiger partial charge in [-0.3, -0.25) is 9.88 Å². The second kappa shape index (κ2) is 11.1. The number of ether oxygens (including phenoxy) is 2. The van der Waals surface area contributed by atoms with Gasteiger partial charge in [0, 0.05) is 24.4 Å². The van der Waals surface area contributed by atoms with Crippen molar-refractivity contribution in [3.05, 3.63) is 93.8 Å². The Morgan fingerprint density at radius 3 is 2.71 bits per heavy atom. The summed E-state index contributed by atoms with van der Waals surface area (Å²) in [5, 5.41) is 9.52. The molecule has 10 heteroatoms. The van der Waals surface area contributed by atoms with Crippen LogP contribution in [-0.2, 0) is 17.8 Å². The summed E-state index contributed by atoms with van der Waals surface area (Å²) in [7, 11) is 0. The highest BCUT2D eigenvalue weighted by molar-refractivity contribution is 6.30. The summed E-state index contributed by atoms with van der Waals surface area (Å²) >= 11 is 5.84. The summed E-state index contributed by atoms with van der Waals surface area (Å²) < 4.78 is 28.4. The first-order valence-electron chi connectivity index (χ1n) is 14.3. The maximum atomic E-state index is 14.1. The summed E-state index contributed by atoms with van der Waals surface area (Å²) in [5.74, 6) is 0.619. The first-order chi connectivity index (χ1) is 20.4. The predicted molar refractivity (Wildman–Crippen MR) is 156 cm³/mol. The molecule has 0 saturated carbocycles. The first-order valence-corrected chi connectivity index (χ1v) is 14.7. The molecule has 2 aromatic carbocycles. The van der Waals surface area contributed by atoms with Crippen LogP contribution in [0, 0.1) is 5.82 Å². The standard InChI is InChI=1S/C32H30ClFN4O4/c33-24-16-35-27(15-25(24)34)29-7-5-20-2-1-3-23(31(20)42-29)19-8-11-37(12-9-19)18-30-36-26-6-4-21(32(39)40)14-28(26)38(30)17-22-10-13-41-22/h1-7,14-16,19,22,29H,8-13,17-18H2,(H,39,40)/t22-,29+/m0/s1. The molecule has 42 heavy (non-hydrogen) atoms. The maximum absolute atomic E-state index is 14.1. The number of carboxylic acids is 1. The fourth-order valence-electron chi connectivity index (χ4n) is 6.13. The zero-order valence-corrected chi connectivity index (χ0v) is 23.6. The number of hydrogen-bond acceptors (Lipinski definition) is 6. The second-order valence-corrected chi connectivity index (χ2v) is 11.6. The van der Waals surface area contributed by atoms with E-state index in [-0.39, 0.29) is 16.7 Å². The number of piperidine rings is 1. The van der Waals surface area contributed by atoms with Crippen LogP contribution in [0.25, 0.3) is 17.1 Å². The van der Waals surface area contributed by atoms with Crippen molar-refractivity contribution in [3.8, 4) is 5.75 Å². The molecule has 2 saturated heterocycles. The van der Waals surface area contributed by atoms with Crippen molar-refractivity contribution in [2.75, 3.05) is 19.7 Å². The molecule has 2 atom stereocenters. The number of pyridine rings is 1. The third kappa shape index (κ3) is 5.17. The molecule has 0 spiro atoms. The Kier molecular flexibility index (Phi) is 7.17. The van der Waals surface area contributed by atoms with E-state index in [9.17, 15) is 14.3 Å². The number of carbonyl (C=O) groups is 1. The monoisotopic (exact) mass is 588 g/mol. The Balaban J connectivity index is 1.08. The van der Waals surface area contributed by atoms with Gasteiger partial charge in [0.1, 0.15) is 17.4 Å². The molecular weight excluding hydrogens is 559 g/mol. The zero-order chi connectivity index (χ0) is 28.8. The van der Waals surface area contributed by atoms with E-state index in [4.69, 9.17) is 26.1 Å². The van der Waals surface area contributed by atoms with E-state index in [2.05, 4.69) is 26.6 Å². The molecule has 8 nitrogen and oxygen atoms in total. The van der Waals surface area contributed by atoms with Gasteiger partial charge in [0.2, 0.25) is 0 Å². The molecule has 0 bridgehead atoms. The third-order valence-corrected chi connectivity index (χ3v) is 8.82. The Labute approximate surface area is 247 Å². The number of aromatic carboxylic acids is 1. The topological polar surface area (TPSA) is 89.7 Å². The van der Waals surface area contributed by atoms with Gasteiger partial charge < -0.3 is 19.1 Å². The van der Waals surface area contributed by atoms with Gasteiger partial charge in [-0.2, -0.15) is 0 Å². The highest BCUT2D eigenvalue weighted by Crippen LogP contribution is 2.41. The van der Waals surface area contributed by atoms with Gasteiger partial charge in [-0.1, -0.05) is 35.9 Å². The lowest BCUT2D eigenvalue weighted by atomic mass is 9.87. The summed E-state index contributed by atoms with van der Waals surface area (Å²) in [5.41, 5.74) is 4.54. The average Bonchev–Trinajstić information content (AvgIpc) is 3.32. The number of nitrogens with zero attached hydrogens (tertiary/aromatic N) is 4. The van der Waals surface area contributed by atoms with Crippen molar-refractivity contribution in [2.45, 2.75) is 50.5 Å². The predicted octanol–water partition coefficient (Wildman–Crippen LogP) is 6.24. The normalized spacial score (nSPS) is 20.7. The van der Waals surface area contributed by atoms with Gasteiger partial charge in [0.25, 0.3) is 0 Å². The zero-order valence-electron chi connectivity index (χ0n) is 22.9. The van der Waals surface area contributed by atoms with Crippen molar-refractivity contribution >= 4 is 34.7 Å². The smallest absolute Gasteiger partial charge is 0.335 e. The highest BCUT2D eigenvalue weighted by Gasteiger charge is 2.29. The summed E-state index contributed by atoms with van der Waals surface area (Å²) in [6, 6.07) is 12.7. The van der Waals surface area contributed by atoms with Crippen LogP contribution < -0.4 is 4.74 Å². The Morgan fingerprint density at radius 1 is 1.14 bits per heavy atom. The Bertz CT molecular complexity index is 1690. The summed E-state index contributed by atoms with van der Waals surface area (Å²) in [6.07, 6.45) is 7.77. The van der Waals surface area contributed by atoms with E-state index < -0.39 is 17.9 Å². The number of rotatable bonds is 7. The molecule has 0 unspecified atom stereocenters. The summed E-state index contributed by atoms with van der Waals surface area (Å²) in [4.78, 5) is 23.2. The minimum Gasteiger partial charge on any atom is -0.479 e. The molecule has 4 aromatic rings. The van der Waals surface area contributed by atoms with E-state index >= 15 is 0 Å². The maximum Gasteiger partial charge on any atom is 0.335 e. The van der Waals surface area contributed by atoms with Gasteiger partial charge in [-0.25, -0.2) is 14.2 Å². The lowest BCUT2D eigenvalue weighted by Crippen LogP contribution is -2.35. The number of carboxylic acid groups (broad SMARTS) is 1. The number of hydrogen-bond donors (Lipinski definition) is 1. The molecule has 3 aliphatic heterocycles. The van der Waals surface area contributed by atoms with Crippen LogP contribution in [0.2, 0.25) is 5.02 Å². The number of fused-ring (bicyclic) bond motifs is 2. The molecule has 1 N–H and O–H groups in total. The van der Waals surface area contributed by atoms with Gasteiger partial charge in [0.05, 0.1) is 46.5 Å². The SMILES string of the molecule is O=C(O)c1ccc2nc(CN3CCC(c4cccc5c4O[C@@H](c4cc(F)c(Cl)cn4)C=C5)CC3)n(C[C@@H]3CCO3)c2c1. The molecule has 0 amide bonds. The van der Waals surface area contributed by atoms with Crippen LogP contribution in [0.3, 0.4) is 0 Å². The molecule has 7 rings (SSSR count). The summed E-state index contributed by atoms with van der Waals surface area (Å²) in [6.45, 7) is 3.89. The number of imidazole rings is 1. The van der Waals surface area contributed by atoms with Crippen LogP contribution in [-0.4, -0.2) is 56.3 Å². The van der Waals surface area contributed by atoms with E-state index in [1.165, 1.54) is 12.3 Å². The van der Waals surface area contributed by atoms with Crippen molar-refractivity contribution in [1.29, 1.82) is 0 Å². The van der Waals surface area contributed by atoms with Gasteiger partial charge in [0.15, 0.2) is 6.10 Å². The average molecular weight is 589 g/mol. The third-order valence-electron chi connectivity index (χ3n) is 8.54. The van der Waals surface area contributed by atoms with Crippen LogP contribution in [0.15, 0.2) is 54.7 Å². The Morgan fingerprint density at radius 2 is 1.98 bits per heavy atom. The second-order valence-electron chi connectivity index (χ2n) is 11.2. The van der Waals surface area contributed by atoms with Crippen LogP contribution in [0.1, 0.15) is 64.3 Å². The molecule has 2 aromatic heterocycles. The van der Waals surface area contributed by atoms with Gasteiger partial charge >= 0.3 is 5.97 Å². The first kappa shape index (κ1) is 27.1.